The molecule has 0 fully saturated rings. The Morgan fingerprint density at radius 1 is 1.11 bits per heavy atom. The first kappa shape index (κ1) is 11.9. The van der Waals surface area contributed by atoms with Crippen LogP contribution >= 0.6 is 0 Å². The minimum Gasteiger partial charge on any atom is -0.290 e. The van der Waals surface area contributed by atoms with E-state index in [9.17, 15) is 0 Å². The van der Waals surface area contributed by atoms with Crippen molar-refractivity contribution in [2.24, 2.45) is 4.99 Å². The van der Waals surface area contributed by atoms with Crippen LogP contribution in [-0.2, 0) is 12.8 Å². The maximum absolute atomic E-state index is 8.97. The third-order valence-electron chi connectivity index (χ3n) is 3.67. The van der Waals surface area contributed by atoms with Gasteiger partial charge in [-0.25, -0.2) is 10.0 Å². The Hall–Kier alpha value is -2.12. The van der Waals surface area contributed by atoms with Gasteiger partial charge in [0.05, 0.1) is 18.2 Å². The summed E-state index contributed by atoms with van der Waals surface area (Å²) >= 11 is 0. The molecule has 0 saturated carbocycles. The van der Waals surface area contributed by atoms with Crippen LogP contribution < -0.4 is 0 Å². The number of aliphatic imine (C=N–C) groups is 1. The predicted octanol–water partition coefficient (Wildman–Crippen LogP) is 1.75. The Labute approximate surface area is 113 Å². The molecule has 19 heavy (non-hydrogen) atoms. The fraction of sp³-hybridized carbons (Fsp3) is 0.333. The topological polar surface area (TPSA) is 42.6 Å². The van der Waals surface area contributed by atoms with Gasteiger partial charge >= 0.3 is 0 Å². The number of benzene rings is 1. The van der Waals surface area contributed by atoms with E-state index in [1.165, 1.54) is 11.1 Å². The van der Waals surface area contributed by atoms with Gasteiger partial charge in [-0.3, -0.25) is 5.01 Å². The number of nitriles is 1. The van der Waals surface area contributed by atoms with Gasteiger partial charge in [0.2, 0.25) is 0 Å². The second-order valence-electron chi connectivity index (χ2n) is 4.85. The van der Waals surface area contributed by atoms with Crippen molar-refractivity contribution in [1.29, 1.82) is 5.26 Å². The van der Waals surface area contributed by atoms with Crippen molar-refractivity contribution < 1.29 is 0 Å². The molecule has 4 nitrogen and oxygen atoms in total. The molecule has 2 aliphatic heterocycles. The van der Waals surface area contributed by atoms with Gasteiger partial charge in [0.25, 0.3) is 0 Å². The molecule has 0 radical (unpaired) electrons. The van der Waals surface area contributed by atoms with Crippen molar-refractivity contribution in [2.45, 2.75) is 12.8 Å². The molecule has 0 spiro atoms. The molecule has 96 valence electrons. The molecule has 1 aromatic rings. The smallest absolute Gasteiger partial charge is 0.105 e. The van der Waals surface area contributed by atoms with Gasteiger partial charge in [-0.05, 0) is 24.0 Å². The van der Waals surface area contributed by atoms with Gasteiger partial charge in [-0.15, -0.1) is 0 Å². The van der Waals surface area contributed by atoms with Gasteiger partial charge < -0.3 is 0 Å². The highest BCUT2D eigenvalue weighted by molar-refractivity contribution is 5.58. The number of rotatable bonds is 1. The molecule has 0 unspecified atom stereocenters. The van der Waals surface area contributed by atoms with Crippen LogP contribution in [0, 0.1) is 11.3 Å². The highest BCUT2D eigenvalue weighted by atomic mass is 15.6. The lowest BCUT2D eigenvalue weighted by Gasteiger charge is -2.33. The summed E-state index contributed by atoms with van der Waals surface area (Å²) in [5.74, 6) is 0. The Balaban J connectivity index is 1.71. The zero-order chi connectivity index (χ0) is 13.1. The Bertz CT molecular complexity index is 541. The summed E-state index contributed by atoms with van der Waals surface area (Å²) < 4.78 is 0. The van der Waals surface area contributed by atoms with Gasteiger partial charge in [0.1, 0.15) is 6.34 Å². The van der Waals surface area contributed by atoms with Crippen molar-refractivity contribution in [3.8, 4) is 6.07 Å². The van der Waals surface area contributed by atoms with Crippen molar-refractivity contribution in [2.75, 3.05) is 19.6 Å². The highest BCUT2D eigenvalue weighted by Gasteiger charge is 2.19. The van der Waals surface area contributed by atoms with Crippen molar-refractivity contribution in [3.05, 3.63) is 47.2 Å². The van der Waals surface area contributed by atoms with E-state index in [1.54, 1.807) is 6.20 Å². The first-order chi connectivity index (χ1) is 9.36. The molecule has 0 bridgehead atoms. The molecule has 0 aromatic heterocycles. The summed E-state index contributed by atoms with van der Waals surface area (Å²) in [5, 5.41) is 13.3. The van der Waals surface area contributed by atoms with Gasteiger partial charge in [0, 0.05) is 19.3 Å². The lowest BCUT2D eigenvalue weighted by molar-refractivity contribution is 0.0634. The van der Waals surface area contributed by atoms with E-state index in [-0.39, 0.29) is 0 Å². The lowest BCUT2D eigenvalue weighted by Crippen LogP contribution is -2.45. The number of hydrogen-bond donors (Lipinski definition) is 0. The van der Waals surface area contributed by atoms with E-state index in [0.717, 1.165) is 25.9 Å². The molecule has 0 atom stereocenters. The standard InChI is InChI=1S/C15H16N4/c16-9-13-10-17-12-19(11-13)18-7-5-14-3-1-2-4-15(14)6-8-18/h1-4,10,12H,5-8,11H2. The molecular weight excluding hydrogens is 236 g/mol. The van der Waals surface area contributed by atoms with Crippen LogP contribution in [0.15, 0.2) is 41.0 Å². The number of fused-ring (bicyclic) bond motifs is 1. The predicted molar refractivity (Wildman–Crippen MR) is 74.3 cm³/mol. The Morgan fingerprint density at radius 2 is 1.79 bits per heavy atom. The van der Waals surface area contributed by atoms with Crippen LogP contribution in [-0.4, -0.2) is 36.0 Å². The van der Waals surface area contributed by atoms with E-state index < -0.39 is 0 Å². The first-order valence-electron chi connectivity index (χ1n) is 6.57. The maximum atomic E-state index is 8.97. The normalized spacial score (nSPS) is 19.3. The van der Waals surface area contributed by atoms with Crippen LogP contribution in [0.25, 0.3) is 0 Å². The molecule has 2 heterocycles. The van der Waals surface area contributed by atoms with Crippen molar-refractivity contribution in [1.82, 2.24) is 10.0 Å². The Kier molecular flexibility index (Phi) is 3.30. The third kappa shape index (κ3) is 2.51. The van der Waals surface area contributed by atoms with Gasteiger partial charge in [0.15, 0.2) is 0 Å². The van der Waals surface area contributed by atoms with Crippen LogP contribution in [0.2, 0.25) is 0 Å². The molecule has 4 heteroatoms. The molecule has 0 N–H and O–H groups in total. The molecule has 3 rings (SSSR count). The first-order valence-corrected chi connectivity index (χ1v) is 6.57. The quantitative estimate of drug-likeness (QED) is 0.764. The van der Waals surface area contributed by atoms with E-state index in [4.69, 9.17) is 5.26 Å². The molecule has 2 aliphatic rings. The van der Waals surface area contributed by atoms with E-state index in [1.807, 2.05) is 6.34 Å². The van der Waals surface area contributed by atoms with Crippen LogP contribution in [0.5, 0.6) is 0 Å². The monoisotopic (exact) mass is 252 g/mol. The minimum absolute atomic E-state index is 0.635. The second-order valence-corrected chi connectivity index (χ2v) is 4.85. The second kappa shape index (κ2) is 5.25. The summed E-state index contributed by atoms with van der Waals surface area (Å²) in [6.45, 7) is 2.58. The van der Waals surface area contributed by atoms with E-state index >= 15 is 0 Å². The highest BCUT2D eigenvalue weighted by Crippen LogP contribution is 2.17. The van der Waals surface area contributed by atoms with E-state index in [2.05, 4.69) is 45.3 Å². The summed E-state index contributed by atoms with van der Waals surface area (Å²) in [7, 11) is 0. The zero-order valence-corrected chi connectivity index (χ0v) is 10.8. The largest absolute Gasteiger partial charge is 0.290 e. The number of hydrogen-bond acceptors (Lipinski definition) is 4. The molecule has 1 aromatic carbocycles. The zero-order valence-electron chi connectivity index (χ0n) is 10.8. The fourth-order valence-corrected chi connectivity index (χ4v) is 2.61. The third-order valence-corrected chi connectivity index (χ3v) is 3.67. The Morgan fingerprint density at radius 3 is 2.42 bits per heavy atom. The summed E-state index contributed by atoms with van der Waals surface area (Å²) in [6.07, 6.45) is 5.55. The summed E-state index contributed by atoms with van der Waals surface area (Å²) in [4.78, 5) is 4.14. The number of hydrazine groups is 1. The molecular formula is C15H16N4. The van der Waals surface area contributed by atoms with Crippen LogP contribution in [0.3, 0.4) is 0 Å². The van der Waals surface area contributed by atoms with Gasteiger partial charge in [-0.2, -0.15) is 5.26 Å². The van der Waals surface area contributed by atoms with Crippen molar-refractivity contribution >= 4 is 6.34 Å². The van der Waals surface area contributed by atoms with E-state index in [0.29, 0.717) is 12.1 Å². The SMILES string of the molecule is N#CC1=CN=CN(N2CCc3ccccc3CC2)C1. The van der Waals surface area contributed by atoms with Gasteiger partial charge in [-0.1, -0.05) is 24.3 Å². The average molecular weight is 252 g/mol. The lowest BCUT2D eigenvalue weighted by atomic mass is 10.0. The molecule has 0 aliphatic carbocycles. The van der Waals surface area contributed by atoms with Crippen LogP contribution in [0.1, 0.15) is 11.1 Å². The number of nitrogens with zero attached hydrogens (tertiary/aromatic N) is 4. The maximum Gasteiger partial charge on any atom is 0.105 e. The average Bonchev–Trinajstić information content (AvgIpc) is 2.70. The fourth-order valence-electron chi connectivity index (χ4n) is 2.61. The molecule has 0 saturated heterocycles. The molecule has 0 amide bonds. The van der Waals surface area contributed by atoms with Crippen LogP contribution in [0.4, 0.5) is 0 Å². The van der Waals surface area contributed by atoms with Crippen molar-refractivity contribution in [3.63, 3.8) is 0 Å². The minimum atomic E-state index is 0.635. The summed E-state index contributed by atoms with van der Waals surface area (Å²) in [5.41, 5.74) is 3.59. The summed E-state index contributed by atoms with van der Waals surface area (Å²) in [6, 6.07) is 10.8.